The topological polar surface area (TPSA) is 96.3 Å². The van der Waals surface area contributed by atoms with Crippen molar-refractivity contribution in [2.75, 3.05) is 18.4 Å². The summed E-state index contributed by atoms with van der Waals surface area (Å²) in [5, 5.41) is 15.3. The summed E-state index contributed by atoms with van der Waals surface area (Å²) in [6.07, 6.45) is 3.54. The van der Waals surface area contributed by atoms with Gasteiger partial charge in [0.2, 0.25) is 5.95 Å². The number of aromatic amines is 1. The molecule has 3 N–H and O–H groups in total. The molecular weight excluding hydrogens is 433 g/mol. The molecule has 0 amide bonds. The van der Waals surface area contributed by atoms with Gasteiger partial charge in [0.05, 0.1) is 11.4 Å². The van der Waals surface area contributed by atoms with Crippen LogP contribution in [0.1, 0.15) is 55.0 Å². The predicted molar refractivity (Wildman–Crippen MR) is 116 cm³/mol. The molecule has 5 heterocycles. The van der Waals surface area contributed by atoms with E-state index in [0.717, 1.165) is 75.0 Å². The molecule has 0 bridgehead atoms. The highest BCUT2D eigenvalue weighted by Gasteiger charge is 2.38. The summed E-state index contributed by atoms with van der Waals surface area (Å²) >= 11 is 0. The van der Waals surface area contributed by atoms with E-state index >= 15 is 0 Å². The number of piperidine rings is 1. The number of nitrogens with one attached hydrogen (secondary N) is 3. The van der Waals surface area contributed by atoms with E-state index in [2.05, 4.69) is 40.3 Å². The van der Waals surface area contributed by atoms with E-state index in [0.29, 0.717) is 23.7 Å². The molecule has 0 spiro atoms. The first-order valence-corrected chi connectivity index (χ1v) is 11.5. The lowest BCUT2D eigenvalue weighted by Gasteiger charge is -2.24. The standard InChI is InChI=1S/C22H25F3N8/c23-22(24,25)16-11-28-21(29-13-3-1-7-26-9-13)30-17(16)15-10-27-18-14(15)4-2-8-33-19(12-5-6-12)31-32-20(18)33/h10-13,26-27H,1-9H2,(H,28,29,30)/t13-/m0/s1. The Kier molecular flexibility index (Phi) is 4.89. The van der Waals surface area contributed by atoms with Crippen molar-refractivity contribution in [3.05, 3.63) is 29.3 Å². The van der Waals surface area contributed by atoms with Gasteiger partial charge in [0, 0.05) is 43.0 Å². The summed E-state index contributed by atoms with van der Waals surface area (Å²) in [4.78, 5) is 11.6. The van der Waals surface area contributed by atoms with Crippen molar-refractivity contribution in [2.45, 2.75) is 63.2 Å². The lowest BCUT2D eigenvalue weighted by Crippen LogP contribution is -2.38. The first-order valence-electron chi connectivity index (χ1n) is 11.5. The number of hydrogen-bond acceptors (Lipinski definition) is 6. The van der Waals surface area contributed by atoms with E-state index in [-0.39, 0.29) is 17.7 Å². The van der Waals surface area contributed by atoms with Crippen LogP contribution in [0.15, 0.2) is 12.4 Å². The first-order chi connectivity index (χ1) is 16.0. The number of anilines is 1. The minimum atomic E-state index is -4.56. The molecule has 0 aromatic carbocycles. The van der Waals surface area contributed by atoms with Crippen LogP contribution in [0.3, 0.4) is 0 Å². The van der Waals surface area contributed by atoms with Crippen molar-refractivity contribution < 1.29 is 13.2 Å². The summed E-state index contributed by atoms with van der Waals surface area (Å²) in [7, 11) is 0. The Labute approximate surface area is 188 Å². The average molecular weight is 458 g/mol. The molecule has 1 aliphatic carbocycles. The van der Waals surface area contributed by atoms with Crippen LogP contribution < -0.4 is 10.6 Å². The fourth-order valence-corrected chi connectivity index (χ4v) is 4.92. The van der Waals surface area contributed by atoms with Gasteiger partial charge in [0.25, 0.3) is 0 Å². The maximum absolute atomic E-state index is 13.9. The fourth-order valence-electron chi connectivity index (χ4n) is 4.92. The Morgan fingerprint density at radius 1 is 1.12 bits per heavy atom. The Morgan fingerprint density at radius 3 is 2.76 bits per heavy atom. The molecule has 3 aromatic heterocycles. The Bertz CT molecular complexity index is 1170. The molecule has 1 saturated carbocycles. The zero-order valence-electron chi connectivity index (χ0n) is 18.0. The van der Waals surface area contributed by atoms with Crippen LogP contribution >= 0.6 is 0 Å². The molecular formula is C22H25F3N8. The van der Waals surface area contributed by atoms with E-state index in [9.17, 15) is 13.2 Å². The maximum atomic E-state index is 13.9. The van der Waals surface area contributed by atoms with Crippen LogP contribution in [-0.4, -0.2) is 48.8 Å². The van der Waals surface area contributed by atoms with Crippen molar-refractivity contribution >= 4 is 5.95 Å². The number of aromatic nitrogens is 6. The zero-order valence-corrected chi connectivity index (χ0v) is 18.0. The summed E-state index contributed by atoms with van der Waals surface area (Å²) in [5.41, 5.74) is 1.06. The molecule has 6 rings (SSSR count). The van der Waals surface area contributed by atoms with Crippen LogP contribution in [0.5, 0.6) is 0 Å². The van der Waals surface area contributed by atoms with Gasteiger partial charge in [0.15, 0.2) is 5.82 Å². The highest BCUT2D eigenvalue weighted by molar-refractivity contribution is 5.76. The van der Waals surface area contributed by atoms with Crippen molar-refractivity contribution in [1.82, 2.24) is 35.0 Å². The second-order valence-electron chi connectivity index (χ2n) is 9.11. The minimum Gasteiger partial charge on any atom is -0.358 e. The number of H-pyrrole nitrogens is 1. The van der Waals surface area contributed by atoms with E-state index < -0.39 is 11.7 Å². The Balaban J connectivity index is 1.42. The molecule has 1 saturated heterocycles. The molecule has 33 heavy (non-hydrogen) atoms. The third kappa shape index (κ3) is 3.77. The average Bonchev–Trinajstić information content (AvgIpc) is 3.47. The normalized spacial score (nSPS) is 20.8. The number of nitrogens with zero attached hydrogens (tertiary/aromatic N) is 5. The minimum absolute atomic E-state index is 0.0890. The first kappa shape index (κ1) is 20.6. The summed E-state index contributed by atoms with van der Waals surface area (Å²) in [6, 6.07) is 0.0890. The van der Waals surface area contributed by atoms with Gasteiger partial charge >= 0.3 is 6.18 Å². The van der Waals surface area contributed by atoms with Gasteiger partial charge in [-0.25, -0.2) is 9.97 Å². The molecule has 11 heteroatoms. The third-order valence-corrected chi connectivity index (χ3v) is 6.72. The van der Waals surface area contributed by atoms with Crippen LogP contribution in [0, 0.1) is 0 Å². The van der Waals surface area contributed by atoms with Crippen LogP contribution in [0.4, 0.5) is 19.1 Å². The summed E-state index contributed by atoms with van der Waals surface area (Å²) in [5.74, 6) is 2.35. The smallest absolute Gasteiger partial charge is 0.358 e. The molecule has 0 unspecified atom stereocenters. The van der Waals surface area contributed by atoms with Crippen molar-refractivity contribution in [2.24, 2.45) is 0 Å². The second kappa shape index (κ2) is 7.82. The Morgan fingerprint density at radius 2 is 2.00 bits per heavy atom. The maximum Gasteiger partial charge on any atom is 0.419 e. The highest BCUT2D eigenvalue weighted by atomic mass is 19.4. The molecule has 2 fully saturated rings. The molecule has 8 nitrogen and oxygen atoms in total. The third-order valence-electron chi connectivity index (χ3n) is 6.72. The van der Waals surface area contributed by atoms with Crippen molar-refractivity contribution in [1.29, 1.82) is 0 Å². The van der Waals surface area contributed by atoms with Crippen molar-refractivity contribution in [3.63, 3.8) is 0 Å². The van der Waals surface area contributed by atoms with Crippen LogP contribution in [0.2, 0.25) is 0 Å². The molecule has 2 aliphatic heterocycles. The lowest BCUT2D eigenvalue weighted by molar-refractivity contribution is -0.137. The molecule has 0 radical (unpaired) electrons. The number of fused-ring (bicyclic) bond motifs is 3. The molecule has 3 aliphatic rings. The van der Waals surface area contributed by atoms with Crippen LogP contribution in [0.25, 0.3) is 22.8 Å². The van der Waals surface area contributed by atoms with Crippen molar-refractivity contribution in [3.8, 4) is 22.8 Å². The van der Waals surface area contributed by atoms with E-state index in [1.807, 2.05) is 0 Å². The van der Waals surface area contributed by atoms with Gasteiger partial charge in [-0.3, -0.25) is 0 Å². The number of alkyl halides is 3. The quantitative estimate of drug-likeness (QED) is 0.551. The molecule has 174 valence electrons. The van der Waals surface area contributed by atoms with E-state index in [1.54, 1.807) is 6.20 Å². The molecule has 1 atom stereocenters. The van der Waals surface area contributed by atoms with Gasteiger partial charge < -0.3 is 20.2 Å². The fraction of sp³-hybridized carbons (Fsp3) is 0.545. The van der Waals surface area contributed by atoms with Gasteiger partial charge in [0.1, 0.15) is 11.4 Å². The Hall–Kier alpha value is -2.95. The largest absolute Gasteiger partial charge is 0.419 e. The van der Waals surface area contributed by atoms with E-state index in [1.165, 1.54) is 0 Å². The number of halogens is 3. The van der Waals surface area contributed by atoms with Gasteiger partial charge in [-0.2, -0.15) is 13.2 Å². The second-order valence-corrected chi connectivity index (χ2v) is 9.11. The lowest BCUT2D eigenvalue weighted by atomic mass is 10.0. The highest BCUT2D eigenvalue weighted by Crippen LogP contribution is 2.43. The number of hydrogen-bond donors (Lipinski definition) is 3. The monoisotopic (exact) mass is 458 g/mol. The zero-order chi connectivity index (χ0) is 22.6. The summed E-state index contributed by atoms with van der Waals surface area (Å²) < 4.78 is 43.9. The predicted octanol–water partition coefficient (Wildman–Crippen LogP) is 3.74. The van der Waals surface area contributed by atoms with Gasteiger partial charge in [-0.05, 0) is 50.6 Å². The van der Waals surface area contributed by atoms with Gasteiger partial charge in [-0.1, -0.05) is 0 Å². The van der Waals surface area contributed by atoms with E-state index in [4.69, 9.17) is 0 Å². The SMILES string of the molecule is FC(F)(F)c1cnc(N[C@H]2CCCNC2)nc1-c1c[nH]c2c1CCCn1c-2nnc1C1CC1. The van der Waals surface area contributed by atoms with Gasteiger partial charge in [-0.15, -0.1) is 10.2 Å². The number of rotatable bonds is 4. The molecule has 3 aromatic rings. The summed E-state index contributed by atoms with van der Waals surface area (Å²) in [6.45, 7) is 2.44. The van der Waals surface area contributed by atoms with Crippen LogP contribution in [-0.2, 0) is 19.1 Å².